The van der Waals surface area contributed by atoms with Gasteiger partial charge in [0.1, 0.15) is 13.2 Å². The van der Waals surface area contributed by atoms with E-state index in [9.17, 15) is 4.79 Å². The van der Waals surface area contributed by atoms with Gasteiger partial charge in [-0.1, -0.05) is 30.3 Å². The number of nitrogens with one attached hydrogen (secondary N) is 1. The first-order valence-electron chi connectivity index (χ1n) is 7.52. The van der Waals surface area contributed by atoms with Gasteiger partial charge in [0.15, 0.2) is 0 Å². The van der Waals surface area contributed by atoms with E-state index >= 15 is 0 Å². The van der Waals surface area contributed by atoms with Crippen LogP contribution < -0.4 is 5.32 Å². The molecule has 0 spiro atoms. The molecule has 1 aromatic carbocycles. The van der Waals surface area contributed by atoms with Gasteiger partial charge in [-0.3, -0.25) is 0 Å². The summed E-state index contributed by atoms with van der Waals surface area (Å²) in [5.74, 6) is -1.27. The molecule has 1 aromatic rings. The molecule has 1 rings (SSSR count). The normalized spacial score (nSPS) is 11.2. The Balaban J connectivity index is 2.47. The summed E-state index contributed by atoms with van der Waals surface area (Å²) in [6, 6.07) is 9.46. The largest absolute Gasteiger partial charge is 0.445 e. The molecule has 0 aliphatic rings. The zero-order valence-electron chi connectivity index (χ0n) is 13.5. The summed E-state index contributed by atoms with van der Waals surface area (Å²) < 4.78 is 21.7. The fraction of sp³-hybridized carbons (Fsp3) is 0.562. The lowest BCUT2D eigenvalue weighted by Crippen LogP contribution is -2.49. The number of amides is 1. The van der Waals surface area contributed by atoms with Crippen molar-refractivity contribution in [1.82, 2.24) is 5.32 Å². The monoisotopic (exact) mass is 311 g/mol. The fourth-order valence-corrected chi connectivity index (χ4v) is 1.89. The highest BCUT2D eigenvalue weighted by molar-refractivity contribution is 5.67. The maximum absolute atomic E-state index is 11.8. The zero-order chi connectivity index (χ0) is 16.3. The first-order valence-corrected chi connectivity index (χ1v) is 7.52. The summed E-state index contributed by atoms with van der Waals surface area (Å²) >= 11 is 0. The first-order chi connectivity index (χ1) is 10.7. The van der Waals surface area contributed by atoms with Crippen LogP contribution in [-0.2, 0) is 25.6 Å². The average Bonchev–Trinajstić information content (AvgIpc) is 2.53. The van der Waals surface area contributed by atoms with E-state index in [1.54, 1.807) is 0 Å². The maximum Gasteiger partial charge on any atom is 0.407 e. The molecule has 0 aromatic heterocycles. The summed E-state index contributed by atoms with van der Waals surface area (Å²) in [5, 5.41) is 2.61. The molecule has 6 heteroatoms. The molecule has 0 atom stereocenters. The highest BCUT2D eigenvalue weighted by atomic mass is 16.9. The van der Waals surface area contributed by atoms with Crippen LogP contribution >= 0.6 is 0 Å². The Morgan fingerprint density at radius 2 is 1.55 bits per heavy atom. The van der Waals surface area contributed by atoms with Gasteiger partial charge in [0.05, 0.1) is 0 Å². The number of rotatable bonds is 10. The number of hydrogen-bond donors (Lipinski definition) is 1. The molecular formula is C16H25NO5. The van der Waals surface area contributed by atoms with E-state index in [-0.39, 0.29) is 13.2 Å². The second-order valence-electron chi connectivity index (χ2n) is 4.40. The number of benzene rings is 1. The Labute approximate surface area is 131 Å². The molecule has 0 heterocycles. The van der Waals surface area contributed by atoms with Gasteiger partial charge < -0.3 is 24.3 Å². The van der Waals surface area contributed by atoms with Gasteiger partial charge >= 0.3 is 12.1 Å². The SMILES string of the molecule is CCOC(CNC(=O)OCc1ccccc1)(OCC)OCC. The van der Waals surface area contributed by atoms with E-state index in [0.29, 0.717) is 19.8 Å². The van der Waals surface area contributed by atoms with E-state index in [2.05, 4.69) is 5.32 Å². The van der Waals surface area contributed by atoms with E-state index in [0.717, 1.165) is 5.56 Å². The Morgan fingerprint density at radius 1 is 1.00 bits per heavy atom. The van der Waals surface area contributed by atoms with Crippen molar-refractivity contribution < 1.29 is 23.7 Å². The van der Waals surface area contributed by atoms with Crippen molar-refractivity contribution in [3.63, 3.8) is 0 Å². The summed E-state index contributed by atoms with van der Waals surface area (Å²) in [4.78, 5) is 11.8. The fourth-order valence-electron chi connectivity index (χ4n) is 1.89. The lowest BCUT2D eigenvalue weighted by Gasteiger charge is -2.32. The molecule has 0 unspecified atom stereocenters. The minimum absolute atomic E-state index is 0.0517. The van der Waals surface area contributed by atoms with Gasteiger partial charge in [0.25, 0.3) is 0 Å². The third-order valence-corrected chi connectivity index (χ3v) is 2.75. The quantitative estimate of drug-likeness (QED) is 0.673. The second-order valence-corrected chi connectivity index (χ2v) is 4.40. The predicted molar refractivity (Wildman–Crippen MR) is 82.2 cm³/mol. The highest BCUT2D eigenvalue weighted by Crippen LogP contribution is 2.14. The van der Waals surface area contributed by atoms with Gasteiger partial charge in [0.2, 0.25) is 0 Å². The first kappa shape index (κ1) is 18.4. The summed E-state index contributed by atoms with van der Waals surface area (Å²) in [6.45, 7) is 6.97. The maximum atomic E-state index is 11.8. The average molecular weight is 311 g/mol. The van der Waals surface area contributed by atoms with Crippen molar-refractivity contribution in [2.75, 3.05) is 26.4 Å². The molecule has 22 heavy (non-hydrogen) atoms. The van der Waals surface area contributed by atoms with Gasteiger partial charge in [-0.25, -0.2) is 4.79 Å². The molecule has 0 aliphatic carbocycles. The van der Waals surface area contributed by atoms with E-state index in [1.807, 2.05) is 51.1 Å². The van der Waals surface area contributed by atoms with Crippen LogP contribution in [0.15, 0.2) is 30.3 Å². The smallest absolute Gasteiger partial charge is 0.407 e. The molecule has 6 nitrogen and oxygen atoms in total. The molecule has 0 saturated carbocycles. The number of carbonyl (C=O) groups excluding carboxylic acids is 1. The summed E-state index contributed by atoms with van der Waals surface area (Å²) in [7, 11) is 0. The number of ether oxygens (including phenoxy) is 4. The molecule has 0 saturated heterocycles. The Bertz CT molecular complexity index is 407. The van der Waals surface area contributed by atoms with E-state index in [4.69, 9.17) is 18.9 Å². The van der Waals surface area contributed by atoms with Crippen molar-refractivity contribution in [1.29, 1.82) is 0 Å². The highest BCUT2D eigenvalue weighted by Gasteiger charge is 2.33. The van der Waals surface area contributed by atoms with Gasteiger partial charge in [-0.15, -0.1) is 0 Å². The molecular weight excluding hydrogens is 286 g/mol. The lowest BCUT2D eigenvalue weighted by atomic mass is 10.2. The molecule has 124 valence electrons. The second kappa shape index (κ2) is 10.2. The van der Waals surface area contributed by atoms with Crippen molar-refractivity contribution in [2.24, 2.45) is 0 Å². The Morgan fingerprint density at radius 3 is 2.05 bits per heavy atom. The van der Waals surface area contributed by atoms with Crippen molar-refractivity contribution in [3.05, 3.63) is 35.9 Å². The van der Waals surface area contributed by atoms with Crippen LogP contribution in [0.1, 0.15) is 26.3 Å². The molecule has 0 aliphatic heterocycles. The van der Waals surface area contributed by atoms with Crippen molar-refractivity contribution in [3.8, 4) is 0 Å². The summed E-state index contributed by atoms with van der Waals surface area (Å²) in [5.41, 5.74) is 0.920. The molecule has 0 radical (unpaired) electrons. The number of alkyl carbamates (subject to hydrolysis) is 1. The van der Waals surface area contributed by atoms with Crippen LogP contribution in [0.2, 0.25) is 0 Å². The number of carbonyl (C=O) groups is 1. The predicted octanol–water partition coefficient (Wildman–Crippen LogP) is 2.68. The van der Waals surface area contributed by atoms with Gasteiger partial charge in [-0.2, -0.15) is 0 Å². The molecule has 0 bridgehead atoms. The topological polar surface area (TPSA) is 66.0 Å². The minimum atomic E-state index is -1.27. The van der Waals surface area contributed by atoms with Gasteiger partial charge in [0, 0.05) is 19.8 Å². The number of hydrogen-bond acceptors (Lipinski definition) is 5. The van der Waals surface area contributed by atoms with E-state index < -0.39 is 12.1 Å². The summed E-state index contributed by atoms with van der Waals surface area (Å²) in [6.07, 6.45) is -0.549. The van der Waals surface area contributed by atoms with Crippen LogP contribution in [0, 0.1) is 0 Å². The third kappa shape index (κ3) is 6.43. The third-order valence-electron chi connectivity index (χ3n) is 2.75. The lowest BCUT2D eigenvalue weighted by molar-refractivity contribution is -0.372. The van der Waals surface area contributed by atoms with Crippen LogP contribution in [0.25, 0.3) is 0 Å². The van der Waals surface area contributed by atoms with Crippen LogP contribution in [0.5, 0.6) is 0 Å². The van der Waals surface area contributed by atoms with Gasteiger partial charge in [-0.05, 0) is 26.3 Å². The van der Waals surface area contributed by atoms with Crippen molar-refractivity contribution >= 4 is 6.09 Å². The Kier molecular flexibility index (Phi) is 8.50. The zero-order valence-corrected chi connectivity index (χ0v) is 13.5. The van der Waals surface area contributed by atoms with Crippen LogP contribution in [0.4, 0.5) is 4.79 Å². The van der Waals surface area contributed by atoms with Crippen molar-refractivity contribution in [2.45, 2.75) is 33.4 Å². The van der Waals surface area contributed by atoms with E-state index in [1.165, 1.54) is 0 Å². The molecule has 1 amide bonds. The Hall–Kier alpha value is -1.63. The molecule has 1 N–H and O–H groups in total. The molecule has 0 fully saturated rings. The van der Waals surface area contributed by atoms with Crippen LogP contribution in [-0.4, -0.2) is 38.4 Å². The standard InChI is InChI=1S/C16H25NO5/c1-4-20-16(21-5-2,22-6-3)13-17-15(18)19-12-14-10-8-7-9-11-14/h7-11H,4-6,12-13H2,1-3H3,(H,17,18). The minimum Gasteiger partial charge on any atom is -0.445 e. The van der Waals surface area contributed by atoms with Crippen LogP contribution in [0.3, 0.4) is 0 Å².